The molecule has 5 nitrogen and oxygen atoms in total. The summed E-state index contributed by atoms with van der Waals surface area (Å²) < 4.78 is 32.1. The summed E-state index contributed by atoms with van der Waals surface area (Å²) in [5.74, 6) is -0.445. The number of hydrogen-bond acceptors (Lipinski definition) is 4. The average molecular weight is 347 g/mol. The normalized spacial score (nSPS) is 25.7. The second kappa shape index (κ2) is 6.18. The lowest BCUT2D eigenvalue weighted by atomic mass is 9.82. The van der Waals surface area contributed by atoms with E-state index in [2.05, 4.69) is 0 Å². The van der Waals surface area contributed by atoms with Gasteiger partial charge in [-0.15, -0.1) is 0 Å². The fraction of sp³-hybridized carbons (Fsp3) is 0.389. The number of allylic oxidation sites excluding steroid dienone is 1. The van der Waals surface area contributed by atoms with Crippen molar-refractivity contribution < 1.29 is 17.9 Å². The fourth-order valence-corrected chi connectivity index (χ4v) is 4.86. The third-order valence-electron chi connectivity index (χ3n) is 4.79. The number of aryl methyl sites for hydroxylation is 1. The molecule has 128 valence electrons. The molecule has 1 fully saturated rings. The lowest BCUT2D eigenvalue weighted by Gasteiger charge is -2.23. The van der Waals surface area contributed by atoms with Crippen molar-refractivity contribution in [3.8, 4) is 0 Å². The van der Waals surface area contributed by atoms with E-state index in [-0.39, 0.29) is 16.9 Å². The third-order valence-corrected chi connectivity index (χ3v) is 6.60. The van der Waals surface area contributed by atoms with Crippen LogP contribution in [0.5, 0.6) is 0 Å². The molecule has 3 rings (SSSR count). The van der Waals surface area contributed by atoms with Crippen molar-refractivity contribution in [1.29, 1.82) is 0 Å². The number of methoxy groups -OCH3 is 1. The molecule has 0 N–H and O–H groups in total. The Bertz CT molecular complexity index is 808. The Morgan fingerprint density at radius 1 is 1.29 bits per heavy atom. The van der Waals surface area contributed by atoms with Gasteiger partial charge < -0.3 is 4.74 Å². The molecule has 6 heteroatoms. The minimum Gasteiger partial charge on any atom is -0.466 e. The van der Waals surface area contributed by atoms with E-state index < -0.39 is 16.0 Å². The zero-order valence-corrected chi connectivity index (χ0v) is 14.7. The largest absolute Gasteiger partial charge is 0.466 e. The zero-order chi connectivity index (χ0) is 17.4. The summed E-state index contributed by atoms with van der Waals surface area (Å²) in [5.41, 5.74) is 1.43. The minimum absolute atomic E-state index is 0.218. The molecule has 1 aliphatic carbocycles. The monoisotopic (exact) mass is 347 g/mol. The molecule has 2 aliphatic rings. The molecule has 0 bridgehead atoms. The first-order valence-electron chi connectivity index (χ1n) is 7.91. The lowest BCUT2D eigenvalue weighted by molar-refractivity contribution is -0.134. The highest BCUT2D eigenvalue weighted by Gasteiger charge is 2.46. The average Bonchev–Trinajstić information content (AvgIpc) is 3.17. The van der Waals surface area contributed by atoms with Crippen LogP contribution in [0, 0.1) is 12.3 Å². The van der Waals surface area contributed by atoms with E-state index in [0.717, 1.165) is 24.0 Å². The van der Waals surface area contributed by atoms with Crippen molar-refractivity contribution in [3.63, 3.8) is 0 Å². The number of benzene rings is 1. The molecule has 1 aromatic carbocycles. The van der Waals surface area contributed by atoms with E-state index >= 15 is 0 Å². The van der Waals surface area contributed by atoms with Crippen LogP contribution in [-0.2, 0) is 19.6 Å². The van der Waals surface area contributed by atoms with Crippen molar-refractivity contribution in [3.05, 3.63) is 53.6 Å². The highest BCUT2D eigenvalue weighted by Crippen LogP contribution is 2.46. The van der Waals surface area contributed by atoms with Crippen LogP contribution in [-0.4, -0.2) is 38.9 Å². The molecule has 1 heterocycles. The van der Waals surface area contributed by atoms with Gasteiger partial charge in [0.15, 0.2) is 0 Å². The summed E-state index contributed by atoms with van der Waals surface area (Å²) in [5, 5.41) is 0. The smallest absolute Gasteiger partial charge is 0.330 e. The first-order chi connectivity index (χ1) is 11.4. The Kier molecular flexibility index (Phi) is 4.36. The molecular formula is C18H21NO4S. The topological polar surface area (TPSA) is 63.7 Å². The number of nitrogens with zero attached hydrogens (tertiary/aromatic N) is 1. The molecule has 0 saturated carbocycles. The quantitative estimate of drug-likeness (QED) is 0.479. The minimum atomic E-state index is -3.59. The van der Waals surface area contributed by atoms with E-state index in [0.29, 0.717) is 6.54 Å². The molecule has 0 amide bonds. The predicted molar refractivity (Wildman–Crippen MR) is 90.8 cm³/mol. The second-order valence-corrected chi connectivity index (χ2v) is 8.31. The van der Waals surface area contributed by atoms with Crippen molar-refractivity contribution >= 4 is 16.0 Å². The Balaban J connectivity index is 1.96. The van der Waals surface area contributed by atoms with E-state index in [1.807, 2.05) is 19.1 Å². The molecule has 1 spiro atoms. The molecule has 0 radical (unpaired) electrons. The van der Waals surface area contributed by atoms with Crippen molar-refractivity contribution in [2.75, 3.05) is 20.2 Å². The van der Waals surface area contributed by atoms with Crippen LogP contribution in [0.25, 0.3) is 0 Å². The van der Waals surface area contributed by atoms with Gasteiger partial charge in [-0.3, -0.25) is 0 Å². The van der Waals surface area contributed by atoms with Gasteiger partial charge in [0, 0.05) is 24.6 Å². The number of hydrogen-bond donors (Lipinski definition) is 0. The summed E-state index contributed by atoms with van der Waals surface area (Å²) in [7, 11) is -2.26. The summed E-state index contributed by atoms with van der Waals surface area (Å²) in [6.07, 6.45) is 7.23. The van der Waals surface area contributed by atoms with Gasteiger partial charge in [-0.1, -0.05) is 29.8 Å². The maximum Gasteiger partial charge on any atom is 0.330 e. The van der Waals surface area contributed by atoms with E-state index in [9.17, 15) is 13.2 Å². The van der Waals surface area contributed by atoms with Gasteiger partial charge in [-0.05, 0) is 37.5 Å². The highest BCUT2D eigenvalue weighted by molar-refractivity contribution is 7.89. The number of carbonyl (C=O) groups excluding carboxylic acids is 1. The van der Waals surface area contributed by atoms with Crippen LogP contribution in [0.1, 0.15) is 18.4 Å². The number of ether oxygens (including phenoxy) is 1. The van der Waals surface area contributed by atoms with Crippen LogP contribution < -0.4 is 0 Å². The van der Waals surface area contributed by atoms with Gasteiger partial charge in [0.1, 0.15) is 0 Å². The number of rotatable bonds is 3. The Labute approximate surface area is 142 Å². The highest BCUT2D eigenvalue weighted by atomic mass is 32.2. The van der Waals surface area contributed by atoms with Gasteiger partial charge in [0.25, 0.3) is 0 Å². The zero-order valence-electron chi connectivity index (χ0n) is 13.9. The summed E-state index contributed by atoms with van der Waals surface area (Å²) >= 11 is 0. The van der Waals surface area contributed by atoms with Gasteiger partial charge in [-0.2, -0.15) is 4.31 Å². The standard InChI is InChI=1S/C18H21NO4S/c1-14-5-7-16(8-6-14)24(21,22)19-12-15(11-17(20)23-2)18(13-19)9-3-4-10-18/h3,5-9,11H,4,10,12-13H2,1-2H3/b15-11+/t18-/m0/s1. The predicted octanol–water partition coefficient (Wildman–Crippen LogP) is 2.44. The van der Waals surface area contributed by atoms with Gasteiger partial charge >= 0.3 is 5.97 Å². The van der Waals surface area contributed by atoms with Gasteiger partial charge in [0.2, 0.25) is 10.0 Å². The molecule has 0 aromatic heterocycles. The van der Waals surface area contributed by atoms with Crippen molar-refractivity contribution in [2.45, 2.75) is 24.7 Å². The second-order valence-electron chi connectivity index (χ2n) is 6.38. The molecule has 24 heavy (non-hydrogen) atoms. The van der Waals surface area contributed by atoms with E-state index in [4.69, 9.17) is 4.74 Å². The number of sulfonamides is 1. The first kappa shape index (κ1) is 16.9. The Hall–Kier alpha value is -1.92. The molecule has 1 saturated heterocycles. The maximum absolute atomic E-state index is 12.9. The molecule has 1 aliphatic heterocycles. The van der Waals surface area contributed by atoms with Crippen LogP contribution >= 0.6 is 0 Å². The van der Waals surface area contributed by atoms with Crippen molar-refractivity contribution in [1.82, 2.24) is 4.31 Å². The maximum atomic E-state index is 12.9. The Morgan fingerprint density at radius 2 is 2.00 bits per heavy atom. The Morgan fingerprint density at radius 3 is 2.58 bits per heavy atom. The third kappa shape index (κ3) is 2.91. The molecule has 1 atom stereocenters. The lowest BCUT2D eigenvalue weighted by Crippen LogP contribution is -2.31. The summed E-state index contributed by atoms with van der Waals surface area (Å²) in [4.78, 5) is 12.0. The molecular weight excluding hydrogens is 326 g/mol. The number of carbonyl (C=O) groups is 1. The van der Waals surface area contributed by atoms with Crippen molar-refractivity contribution in [2.24, 2.45) is 5.41 Å². The van der Waals surface area contributed by atoms with Gasteiger partial charge in [0.05, 0.1) is 12.0 Å². The SMILES string of the molecule is COC(=O)/C=C1\CN(S(=O)(=O)c2ccc(C)cc2)C[C@@]12C=CCC2. The fourth-order valence-electron chi connectivity index (χ4n) is 3.37. The first-order valence-corrected chi connectivity index (χ1v) is 9.35. The van der Waals surface area contributed by atoms with Crippen LogP contribution in [0.4, 0.5) is 0 Å². The van der Waals surface area contributed by atoms with E-state index in [1.54, 1.807) is 24.3 Å². The molecule has 0 unspecified atom stereocenters. The number of esters is 1. The summed E-state index contributed by atoms with van der Waals surface area (Å²) in [6.45, 7) is 2.50. The van der Waals surface area contributed by atoms with E-state index in [1.165, 1.54) is 17.5 Å². The van der Waals surface area contributed by atoms with Crippen LogP contribution in [0.3, 0.4) is 0 Å². The van der Waals surface area contributed by atoms with Gasteiger partial charge in [-0.25, -0.2) is 13.2 Å². The summed E-state index contributed by atoms with van der Waals surface area (Å²) in [6, 6.07) is 6.84. The van der Waals surface area contributed by atoms with Crippen LogP contribution in [0.2, 0.25) is 0 Å². The van der Waals surface area contributed by atoms with Crippen LogP contribution in [0.15, 0.2) is 53.0 Å². The molecule has 1 aromatic rings.